The number of nitrogens with one attached hydrogen (secondary N) is 2. The average molecular weight is 539 g/mol. The van der Waals surface area contributed by atoms with Crippen LogP contribution in [0.4, 0.5) is 0 Å². The van der Waals surface area contributed by atoms with E-state index in [1.54, 1.807) is 7.11 Å². The molecule has 1 atom stereocenters. The molecule has 0 aliphatic carbocycles. The van der Waals surface area contributed by atoms with E-state index in [1.807, 2.05) is 11.7 Å². The summed E-state index contributed by atoms with van der Waals surface area (Å²) in [6.07, 6.45) is 4.20. The molecule has 8 nitrogen and oxygen atoms in total. The molecule has 1 aromatic heterocycles. The zero-order chi connectivity index (χ0) is 20.8. The molecule has 170 valence electrons. The van der Waals surface area contributed by atoms with Gasteiger partial charge in [-0.2, -0.15) is 5.10 Å². The molecule has 31 heavy (non-hydrogen) atoms. The van der Waals surface area contributed by atoms with Crippen molar-refractivity contribution in [2.45, 2.75) is 51.4 Å². The number of aliphatic imine (C=N–C) groups is 1. The lowest BCUT2D eigenvalue weighted by molar-refractivity contribution is 0.177. The zero-order valence-corrected chi connectivity index (χ0v) is 20.8. The molecule has 0 radical (unpaired) electrons. The van der Waals surface area contributed by atoms with E-state index >= 15 is 0 Å². The van der Waals surface area contributed by atoms with Crippen LogP contribution in [-0.4, -0.2) is 65.5 Å². The number of fused-ring (bicyclic) bond motifs is 2. The zero-order valence-electron chi connectivity index (χ0n) is 18.5. The normalized spacial score (nSPS) is 18.6. The monoisotopic (exact) mass is 539 g/mol. The van der Waals surface area contributed by atoms with Gasteiger partial charge in [0.2, 0.25) is 0 Å². The van der Waals surface area contributed by atoms with Crippen LogP contribution in [0.3, 0.4) is 0 Å². The second-order valence-electron chi connectivity index (χ2n) is 8.09. The largest absolute Gasteiger partial charge is 0.377 e. The summed E-state index contributed by atoms with van der Waals surface area (Å²) in [6.45, 7) is 5.50. The third kappa shape index (κ3) is 6.39. The molecule has 3 heterocycles. The van der Waals surface area contributed by atoms with Crippen molar-refractivity contribution in [2.24, 2.45) is 4.99 Å². The van der Waals surface area contributed by atoms with Crippen molar-refractivity contribution >= 4 is 29.9 Å². The fourth-order valence-electron chi connectivity index (χ4n) is 4.31. The Hall–Kier alpha value is -1.72. The van der Waals surface area contributed by atoms with E-state index in [0.29, 0.717) is 12.6 Å². The minimum absolute atomic E-state index is 0. The quantitative estimate of drug-likeness (QED) is 0.243. The highest BCUT2D eigenvalue weighted by Gasteiger charge is 2.22. The number of ether oxygens (including phenoxy) is 1. The van der Waals surface area contributed by atoms with Crippen molar-refractivity contribution in [3.05, 3.63) is 47.0 Å². The van der Waals surface area contributed by atoms with Crippen LogP contribution in [0.15, 0.2) is 29.3 Å². The Bertz CT molecular complexity index is 869. The smallest absolute Gasteiger partial charge is 0.191 e. The standard InChI is InChI=1S/C22H33N7O.HI/c1-23-22(25-19-8-9-21-26-20(16-30-2)27-29(21)15-19)24-11-5-12-28-13-10-17-6-3-4-7-18(17)14-28;/h3-4,6-7,19H,5,8-16H2,1-2H3,(H2,23,24,25);1H. The van der Waals surface area contributed by atoms with Gasteiger partial charge in [0.1, 0.15) is 12.4 Å². The molecule has 4 rings (SSSR count). The van der Waals surface area contributed by atoms with Crippen molar-refractivity contribution in [1.29, 1.82) is 0 Å². The highest BCUT2D eigenvalue weighted by Crippen LogP contribution is 2.18. The topological polar surface area (TPSA) is 79.6 Å². The minimum Gasteiger partial charge on any atom is -0.377 e. The van der Waals surface area contributed by atoms with Crippen LogP contribution in [0.5, 0.6) is 0 Å². The first kappa shape index (κ1) is 23.9. The lowest BCUT2D eigenvalue weighted by atomic mass is 10.00. The molecule has 0 saturated heterocycles. The highest BCUT2D eigenvalue weighted by atomic mass is 127. The van der Waals surface area contributed by atoms with Gasteiger partial charge >= 0.3 is 0 Å². The summed E-state index contributed by atoms with van der Waals surface area (Å²) in [5.41, 5.74) is 2.99. The highest BCUT2D eigenvalue weighted by molar-refractivity contribution is 14.0. The van der Waals surface area contributed by atoms with E-state index in [2.05, 4.69) is 54.9 Å². The van der Waals surface area contributed by atoms with Gasteiger partial charge in [0.25, 0.3) is 0 Å². The van der Waals surface area contributed by atoms with E-state index < -0.39 is 0 Å². The fourth-order valence-corrected chi connectivity index (χ4v) is 4.31. The predicted molar refractivity (Wildman–Crippen MR) is 133 cm³/mol. The van der Waals surface area contributed by atoms with Crippen molar-refractivity contribution < 1.29 is 4.74 Å². The Morgan fingerprint density at radius 1 is 1.26 bits per heavy atom. The molecule has 2 aliphatic heterocycles. The van der Waals surface area contributed by atoms with Crippen LogP contribution in [0.25, 0.3) is 0 Å². The maximum Gasteiger partial charge on any atom is 0.191 e. The van der Waals surface area contributed by atoms with Crippen LogP contribution in [0.2, 0.25) is 0 Å². The van der Waals surface area contributed by atoms with E-state index in [-0.39, 0.29) is 24.0 Å². The molecule has 0 fully saturated rings. The third-order valence-electron chi connectivity index (χ3n) is 5.89. The molecular formula is C22H34IN7O. The molecular weight excluding hydrogens is 505 g/mol. The van der Waals surface area contributed by atoms with Crippen molar-refractivity contribution in [1.82, 2.24) is 30.3 Å². The Balaban J connectivity index is 0.00000272. The van der Waals surface area contributed by atoms with Gasteiger partial charge in [-0.3, -0.25) is 9.89 Å². The number of nitrogens with zero attached hydrogens (tertiary/aromatic N) is 5. The maximum atomic E-state index is 5.14. The molecule has 0 saturated carbocycles. The number of rotatable bonds is 7. The lowest BCUT2D eigenvalue weighted by Gasteiger charge is -2.29. The molecule has 2 aromatic rings. The van der Waals surface area contributed by atoms with E-state index in [9.17, 15) is 0 Å². The van der Waals surface area contributed by atoms with Crippen LogP contribution in [-0.2, 0) is 37.3 Å². The molecule has 0 bridgehead atoms. The minimum atomic E-state index is 0. The number of aromatic nitrogens is 3. The van der Waals surface area contributed by atoms with Gasteiger partial charge < -0.3 is 15.4 Å². The summed E-state index contributed by atoms with van der Waals surface area (Å²) in [4.78, 5) is 11.5. The summed E-state index contributed by atoms with van der Waals surface area (Å²) in [5.74, 6) is 2.67. The maximum absolute atomic E-state index is 5.14. The number of halogens is 1. The first-order valence-corrected chi connectivity index (χ1v) is 10.9. The molecule has 2 N–H and O–H groups in total. The number of methoxy groups -OCH3 is 1. The first-order valence-electron chi connectivity index (χ1n) is 10.9. The van der Waals surface area contributed by atoms with Gasteiger partial charge in [-0.05, 0) is 30.4 Å². The molecule has 0 spiro atoms. The SMILES string of the molecule is CN=C(NCCCN1CCc2ccccc2C1)NC1CCc2nc(COC)nn2C1.I. The third-order valence-corrected chi connectivity index (χ3v) is 5.89. The number of benzene rings is 1. The van der Waals surface area contributed by atoms with Crippen molar-refractivity contribution in [3.63, 3.8) is 0 Å². The van der Waals surface area contributed by atoms with Crippen molar-refractivity contribution in [2.75, 3.05) is 33.8 Å². The van der Waals surface area contributed by atoms with Gasteiger partial charge in [0.15, 0.2) is 11.8 Å². The Morgan fingerprint density at radius 3 is 2.90 bits per heavy atom. The van der Waals surface area contributed by atoms with Gasteiger partial charge in [-0.1, -0.05) is 24.3 Å². The van der Waals surface area contributed by atoms with Gasteiger partial charge in [0.05, 0.1) is 6.54 Å². The van der Waals surface area contributed by atoms with Crippen molar-refractivity contribution in [3.8, 4) is 0 Å². The Morgan fingerprint density at radius 2 is 2.10 bits per heavy atom. The van der Waals surface area contributed by atoms with Gasteiger partial charge in [-0.15, -0.1) is 24.0 Å². The van der Waals surface area contributed by atoms with E-state index in [0.717, 1.165) is 76.0 Å². The number of hydrogen-bond acceptors (Lipinski definition) is 5. The van der Waals surface area contributed by atoms with E-state index in [1.165, 1.54) is 11.1 Å². The lowest BCUT2D eigenvalue weighted by Crippen LogP contribution is -2.47. The summed E-state index contributed by atoms with van der Waals surface area (Å²) in [7, 11) is 3.50. The van der Waals surface area contributed by atoms with Gasteiger partial charge in [-0.25, -0.2) is 9.67 Å². The van der Waals surface area contributed by atoms with Crippen LogP contribution >= 0.6 is 24.0 Å². The number of hydrogen-bond donors (Lipinski definition) is 2. The number of aryl methyl sites for hydroxylation is 1. The first-order chi connectivity index (χ1) is 14.7. The molecule has 1 aromatic carbocycles. The molecule has 1 unspecified atom stereocenters. The van der Waals surface area contributed by atoms with Crippen LogP contribution < -0.4 is 10.6 Å². The average Bonchev–Trinajstić information content (AvgIpc) is 3.17. The Labute approximate surface area is 201 Å². The summed E-state index contributed by atoms with van der Waals surface area (Å²) in [6, 6.07) is 9.11. The predicted octanol–water partition coefficient (Wildman–Crippen LogP) is 1.97. The second-order valence-corrected chi connectivity index (χ2v) is 8.09. The molecule has 9 heteroatoms. The van der Waals surface area contributed by atoms with Gasteiger partial charge in [0, 0.05) is 52.8 Å². The number of guanidine groups is 1. The van der Waals surface area contributed by atoms with E-state index in [4.69, 9.17) is 4.74 Å². The summed E-state index contributed by atoms with van der Waals surface area (Å²) in [5, 5.41) is 11.6. The summed E-state index contributed by atoms with van der Waals surface area (Å²) >= 11 is 0. The molecule has 2 aliphatic rings. The summed E-state index contributed by atoms with van der Waals surface area (Å²) < 4.78 is 7.14. The second kappa shape index (κ2) is 11.8. The van der Waals surface area contributed by atoms with Crippen LogP contribution in [0.1, 0.15) is 35.6 Å². The Kier molecular flexibility index (Phi) is 9.09. The molecule has 0 amide bonds. The van der Waals surface area contributed by atoms with Crippen LogP contribution in [0, 0.1) is 0 Å². The fraction of sp³-hybridized carbons (Fsp3) is 0.591.